The van der Waals surface area contributed by atoms with Crippen LogP contribution in [0.1, 0.15) is 35.9 Å². The van der Waals surface area contributed by atoms with E-state index in [1.54, 1.807) is 18.2 Å². The lowest BCUT2D eigenvalue weighted by Gasteiger charge is -2.08. The van der Waals surface area contributed by atoms with Gasteiger partial charge in [0.1, 0.15) is 12.4 Å². The molecule has 1 aromatic carbocycles. The molecule has 1 aromatic heterocycles. The second-order valence-corrected chi connectivity index (χ2v) is 4.91. The van der Waals surface area contributed by atoms with Gasteiger partial charge in [0.25, 0.3) is 0 Å². The Morgan fingerprint density at radius 2 is 2.14 bits per heavy atom. The number of benzene rings is 1. The van der Waals surface area contributed by atoms with Crippen LogP contribution in [0.15, 0.2) is 30.5 Å². The summed E-state index contributed by atoms with van der Waals surface area (Å²) in [6, 6.07) is 6.95. The first-order valence-electron chi connectivity index (χ1n) is 6.66. The number of rotatable bonds is 5. The summed E-state index contributed by atoms with van der Waals surface area (Å²) in [6.45, 7) is 4.16. The van der Waals surface area contributed by atoms with Crippen molar-refractivity contribution < 1.29 is 14.3 Å². The molecule has 0 fully saturated rings. The molecule has 0 bridgehead atoms. The molecule has 2 aromatic rings. The minimum Gasteiger partial charge on any atom is -0.497 e. The van der Waals surface area contributed by atoms with Gasteiger partial charge in [0.05, 0.1) is 18.4 Å². The summed E-state index contributed by atoms with van der Waals surface area (Å²) in [5.41, 5.74) is 7.12. The van der Waals surface area contributed by atoms with Crippen LogP contribution >= 0.6 is 0 Å². The summed E-state index contributed by atoms with van der Waals surface area (Å²) in [4.78, 5) is 12.1. The van der Waals surface area contributed by atoms with E-state index in [2.05, 4.69) is 5.10 Å². The number of nitrogen functional groups attached to an aromatic ring is 1. The molecule has 0 spiro atoms. The number of ether oxygens (including phenoxy) is 2. The molecule has 2 N–H and O–H groups in total. The molecule has 0 atom stereocenters. The van der Waals surface area contributed by atoms with Crippen molar-refractivity contribution in [3.8, 4) is 5.75 Å². The first kappa shape index (κ1) is 14.9. The Bertz CT molecular complexity index is 635. The first-order valence-corrected chi connectivity index (χ1v) is 6.66. The number of methoxy groups -OCH3 is 1. The quantitative estimate of drug-likeness (QED) is 0.675. The highest BCUT2D eigenvalue weighted by Crippen LogP contribution is 2.20. The molecule has 0 saturated carbocycles. The van der Waals surface area contributed by atoms with Crippen molar-refractivity contribution in [1.82, 2.24) is 9.78 Å². The number of nitrogens with zero attached hydrogens (tertiary/aromatic N) is 2. The van der Waals surface area contributed by atoms with Crippen molar-refractivity contribution >= 4 is 11.7 Å². The molecule has 0 aliphatic rings. The molecule has 0 unspecified atom stereocenters. The second-order valence-electron chi connectivity index (χ2n) is 4.91. The van der Waals surface area contributed by atoms with Crippen LogP contribution in [0.4, 0.5) is 5.69 Å². The SMILES string of the molecule is COc1ccc(N)c(C(=O)OCc2ccn(C(C)C)n2)c1. The minimum atomic E-state index is -0.495. The average Bonchev–Trinajstić information content (AvgIpc) is 2.94. The summed E-state index contributed by atoms with van der Waals surface area (Å²) < 4.78 is 12.1. The van der Waals surface area contributed by atoms with Crippen molar-refractivity contribution in [3.63, 3.8) is 0 Å². The normalized spacial score (nSPS) is 10.7. The molecule has 112 valence electrons. The predicted molar refractivity (Wildman–Crippen MR) is 79.1 cm³/mol. The molecule has 2 rings (SSSR count). The Balaban J connectivity index is 2.04. The minimum absolute atomic E-state index is 0.106. The van der Waals surface area contributed by atoms with Crippen LogP contribution in [0.3, 0.4) is 0 Å². The number of esters is 1. The third-order valence-corrected chi connectivity index (χ3v) is 3.02. The fourth-order valence-electron chi connectivity index (χ4n) is 1.80. The van der Waals surface area contributed by atoms with Gasteiger partial charge in [0.2, 0.25) is 0 Å². The predicted octanol–water partition coefficient (Wildman–Crippen LogP) is 2.41. The second kappa shape index (κ2) is 6.30. The highest BCUT2D eigenvalue weighted by atomic mass is 16.5. The van der Waals surface area contributed by atoms with E-state index < -0.39 is 5.97 Å². The smallest absolute Gasteiger partial charge is 0.340 e. The van der Waals surface area contributed by atoms with Gasteiger partial charge < -0.3 is 15.2 Å². The summed E-state index contributed by atoms with van der Waals surface area (Å²) in [5.74, 6) is 0.0609. The van der Waals surface area contributed by atoms with Gasteiger partial charge in [-0.2, -0.15) is 5.10 Å². The van der Waals surface area contributed by atoms with E-state index in [0.717, 1.165) is 0 Å². The van der Waals surface area contributed by atoms with E-state index in [4.69, 9.17) is 15.2 Å². The maximum Gasteiger partial charge on any atom is 0.340 e. The number of aromatic nitrogens is 2. The summed E-state index contributed by atoms with van der Waals surface area (Å²) >= 11 is 0. The third-order valence-electron chi connectivity index (χ3n) is 3.02. The van der Waals surface area contributed by atoms with E-state index in [9.17, 15) is 4.79 Å². The van der Waals surface area contributed by atoms with Gasteiger partial charge >= 0.3 is 5.97 Å². The van der Waals surface area contributed by atoms with E-state index in [1.807, 2.05) is 30.8 Å². The number of hydrogen-bond donors (Lipinski definition) is 1. The Hall–Kier alpha value is -2.50. The van der Waals surface area contributed by atoms with Crippen LogP contribution in [0.25, 0.3) is 0 Å². The van der Waals surface area contributed by atoms with Gasteiger partial charge in [0, 0.05) is 17.9 Å². The van der Waals surface area contributed by atoms with Crippen molar-refractivity contribution in [2.45, 2.75) is 26.5 Å². The molecule has 0 aliphatic heterocycles. The number of carbonyl (C=O) groups is 1. The summed E-state index contributed by atoms with van der Waals surface area (Å²) in [7, 11) is 1.53. The van der Waals surface area contributed by atoms with E-state index in [1.165, 1.54) is 7.11 Å². The molecule has 6 heteroatoms. The van der Waals surface area contributed by atoms with Crippen LogP contribution in [0.5, 0.6) is 5.75 Å². The zero-order valence-corrected chi connectivity index (χ0v) is 12.4. The number of carbonyl (C=O) groups excluding carboxylic acids is 1. The molecule has 6 nitrogen and oxygen atoms in total. The van der Waals surface area contributed by atoms with E-state index >= 15 is 0 Å². The van der Waals surface area contributed by atoms with Gasteiger partial charge in [-0.3, -0.25) is 4.68 Å². The lowest BCUT2D eigenvalue weighted by molar-refractivity contribution is 0.0467. The standard InChI is InChI=1S/C15H19N3O3/c1-10(2)18-7-6-11(17-18)9-21-15(19)13-8-12(20-3)4-5-14(13)16/h4-8,10H,9,16H2,1-3H3. The number of anilines is 1. The van der Waals surface area contributed by atoms with Gasteiger partial charge in [-0.25, -0.2) is 4.79 Å². The van der Waals surface area contributed by atoms with Crippen LogP contribution in [-0.4, -0.2) is 22.9 Å². The molecule has 1 heterocycles. The molecule has 0 aliphatic carbocycles. The fraction of sp³-hybridized carbons (Fsp3) is 0.333. The maximum atomic E-state index is 12.1. The molecular formula is C15H19N3O3. The van der Waals surface area contributed by atoms with Crippen molar-refractivity contribution in [2.75, 3.05) is 12.8 Å². The van der Waals surface area contributed by atoms with E-state index in [-0.39, 0.29) is 18.2 Å². The maximum absolute atomic E-state index is 12.1. The van der Waals surface area contributed by atoms with Gasteiger partial charge in [0.15, 0.2) is 0 Å². The molecule has 0 saturated heterocycles. The van der Waals surface area contributed by atoms with E-state index in [0.29, 0.717) is 17.1 Å². The Morgan fingerprint density at radius 3 is 2.76 bits per heavy atom. The van der Waals surface area contributed by atoms with Crippen LogP contribution in [0, 0.1) is 0 Å². The molecular weight excluding hydrogens is 270 g/mol. The van der Waals surface area contributed by atoms with Crippen molar-refractivity contribution in [3.05, 3.63) is 41.7 Å². The average molecular weight is 289 g/mol. The lowest BCUT2D eigenvalue weighted by atomic mass is 10.2. The summed E-state index contributed by atoms with van der Waals surface area (Å²) in [6.07, 6.45) is 1.85. The van der Waals surface area contributed by atoms with Crippen LogP contribution < -0.4 is 10.5 Å². The van der Waals surface area contributed by atoms with Gasteiger partial charge in [-0.15, -0.1) is 0 Å². The summed E-state index contributed by atoms with van der Waals surface area (Å²) in [5, 5.41) is 4.32. The zero-order valence-electron chi connectivity index (χ0n) is 12.4. The highest BCUT2D eigenvalue weighted by molar-refractivity contribution is 5.95. The Morgan fingerprint density at radius 1 is 1.38 bits per heavy atom. The van der Waals surface area contributed by atoms with Crippen molar-refractivity contribution in [2.24, 2.45) is 0 Å². The number of hydrogen-bond acceptors (Lipinski definition) is 5. The molecule has 0 amide bonds. The van der Waals surface area contributed by atoms with Gasteiger partial charge in [-0.1, -0.05) is 0 Å². The lowest BCUT2D eigenvalue weighted by Crippen LogP contribution is -2.09. The fourth-order valence-corrected chi connectivity index (χ4v) is 1.80. The third kappa shape index (κ3) is 3.53. The van der Waals surface area contributed by atoms with Crippen molar-refractivity contribution in [1.29, 1.82) is 0 Å². The first-order chi connectivity index (χ1) is 10.0. The molecule has 0 radical (unpaired) electrons. The number of nitrogens with two attached hydrogens (primary N) is 1. The van der Waals surface area contributed by atoms with Crippen LogP contribution in [0.2, 0.25) is 0 Å². The Kier molecular flexibility index (Phi) is 4.47. The van der Waals surface area contributed by atoms with Crippen LogP contribution in [-0.2, 0) is 11.3 Å². The zero-order chi connectivity index (χ0) is 15.4. The highest BCUT2D eigenvalue weighted by Gasteiger charge is 2.13. The van der Waals surface area contributed by atoms with Gasteiger partial charge in [-0.05, 0) is 38.1 Å². The topological polar surface area (TPSA) is 79.4 Å². The Labute approximate surface area is 123 Å². The molecule has 21 heavy (non-hydrogen) atoms. The monoisotopic (exact) mass is 289 g/mol. The largest absolute Gasteiger partial charge is 0.497 e.